The molecule has 0 saturated carbocycles. The average Bonchev–Trinajstić information content (AvgIpc) is 2.47. The number of hydrogen-bond donors (Lipinski definition) is 0. The van der Waals surface area contributed by atoms with Crippen LogP contribution in [0, 0.1) is 0 Å². The van der Waals surface area contributed by atoms with E-state index in [0.29, 0.717) is 18.6 Å². The summed E-state index contributed by atoms with van der Waals surface area (Å²) in [7, 11) is 0. The van der Waals surface area contributed by atoms with Gasteiger partial charge in [-0.2, -0.15) is 0 Å². The molecule has 0 bridgehead atoms. The van der Waals surface area contributed by atoms with Crippen LogP contribution in [-0.2, 0) is 20.7 Å². The summed E-state index contributed by atoms with van der Waals surface area (Å²) in [5, 5.41) is 0. The highest BCUT2D eigenvalue weighted by Gasteiger charge is 2.29. The first-order chi connectivity index (χ1) is 9.45. The van der Waals surface area contributed by atoms with Crippen molar-refractivity contribution in [3.05, 3.63) is 29.8 Å². The maximum absolute atomic E-state index is 11.8. The molecule has 0 unspecified atom stereocenters. The summed E-state index contributed by atoms with van der Waals surface area (Å²) in [6, 6.07) is 7.15. The van der Waals surface area contributed by atoms with Crippen LogP contribution in [0.4, 0.5) is 0 Å². The number of esters is 2. The monoisotopic (exact) mass is 289 g/mol. The van der Waals surface area contributed by atoms with E-state index in [2.05, 4.69) is 0 Å². The van der Waals surface area contributed by atoms with Crippen molar-refractivity contribution in [1.82, 2.24) is 0 Å². The molecule has 0 amide bonds. The van der Waals surface area contributed by atoms with Gasteiger partial charge in [0.15, 0.2) is 0 Å². The van der Waals surface area contributed by atoms with Crippen LogP contribution in [0.1, 0.15) is 46.1 Å². The molecule has 0 aliphatic heterocycles. The van der Waals surface area contributed by atoms with E-state index in [1.807, 2.05) is 32.9 Å². The molecule has 1 rings (SSSR count). The molecule has 21 heavy (non-hydrogen) atoms. The van der Waals surface area contributed by atoms with Crippen molar-refractivity contribution in [2.24, 2.45) is 0 Å². The summed E-state index contributed by atoms with van der Waals surface area (Å²) in [6.45, 7) is 7.58. The van der Waals surface area contributed by atoms with E-state index in [1.165, 1.54) is 0 Å². The molecule has 0 spiro atoms. The van der Waals surface area contributed by atoms with Gasteiger partial charge in [-0.15, -0.1) is 0 Å². The summed E-state index contributed by atoms with van der Waals surface area (Å²) >= 11 is 0. The Labute approximate surface area is 128 Å². The van der Waals surface area contributed by atoms with Crippen LogP contribution >= 0.6 is 0 Å². The van der Waals surface area contributed by atoms with Crippen LogP contribution in [0.15, 0.2) is 24.3 Å². The smallest absolute Gasteiger partial charge is 0.422 e. The number of hydrogen-bond acceptors (Lipinski definition) is 4. The molecule has 0 N–H and O–H groups in total. The van der Waals surface area contributed by atoms with E-state index in [1.54, 1.807) is 19.1 Å². The van der Waals surface area contributed by atoms with Gasteiger partial charge in [-0.25, -0.2) is 9.59 Å². The van der Waals surface area contributed by atoms with Crippen molar-refractivity contribution < 1.29 is 19.1 Å². The molecule has 1 aromatic carbocycles. The van der Waals surface area contributed by atoms with Gasteiger partial charge in [-0.1, -0.05) is 39.0 Å². The molecule has 0 aliphatic carbocycles. The van der Waals surface area contributed by atoms with Crippen LogP contribution in [-0.4, -0.2) is 26.0 Å². The van der Waals surface area contributed by atoms with E-state index in [9.17, 15) is 9.59 Å². The third kappa shape index (κ3) is 5.25. The first-order valence-corrected chi connectivity index (χ1v) is 6.98. The Bertz CT molecular complexity index is 481. The molecule has 0 heterocycles. The molecule has 0 fully saturated rings. The molecule has 1 aromatic rings. The van der Waals surface area contributed by atoms with Crippen LogP contribution in [0.3, 0.4) is 0 Å². The standard InChI is InChI=1S/C16H22O4.B/c1-5-12-10-8-9-11-13(12)19-14(17)15(18)20-16(4,6-2)7-3;/h8-11H,5-7H2,1-4H3;. The topological polar surface area (TPSA) is 52.6 Å². The maximum Gasteiger partial charge on any atom is 0.422 e. The number of benzene rings is 1. The van der Waals surface area contributed by atoms with Crippen LogP contribution in [0.5, 0.6) is 5.75 Å². The Hall–Kier alpha value is -1.78. The lowest BCUT2D eigenvalue weighted by Gasteiger charge is -2.26. The number of rotatable bonds is 5. The first kappa shape index (κ1) is 19.2. The largest absolute Gasteiger partial charge is 0.451 e. The van der Waals surface area contributed by atoms with E-state index >= 15 is 0 Å². The summed E-state index contributed by atoms with van der Waals surface area (Å²) in [6.07, 6.45) is 2.02. The highest BCUT2D eigenvalue weighted by atomic mass is 16.6. The lowest BCUT2D eigenvalue weighted by molar-refractivity contribution is -0.172. The highest BCUT2D eigenvalue weighted by molar-refractivity contribution is 6.30. The molecule has 4 nitrogen and oxygen atoms in total. The second-order valence-electron chi connectivity index (χ2n) is 4.90. The minimum atomic E-state index is -0.973. The summed E-state index contributed by atoms with van der Waals surface area (Å²) in [5.41, 5.74) is 0.253. The Kier molecular flexibility index (Phi) is 7.78. The quantitative estimate of drug-likeness (QED) is 0.362. The SMILES string of the molecule is CCc1ccccc1OC(=O)C(=O)OC(C)(CC)CC.[B]. The number of aryl methyl sites for hydroxylation is 1. The van der Waals surface area contributed by atoms with Crippen molar-refractivity contribution >= 4 is 20.4 Å². The number of carbonyl (C=O) groups excluding carboxylic acids is 2. The molecule has 5 heteroatoms. The van der Waals surface area contributed by atoms with E-state index < -0.39 is 17.5 Å². The Morgan fingerprint density at radius 2 is 1.62 bits per heavy atom. The number of para-hydroxylation sites is 1. The van der Waals surface area contributed by atoms with Gasteiger partial charge in [0.2, 0.25) is 0 Å². The lowest BCUT2D eigenvalue weighted by Crippen LogP contribution is -2.35. The summed E-state index contributed by atoms with van der Waals surface area (Å²) < 4.78 is 10.3. The van der Waals surface area contributed by atoms with Crippen molar-refractivity contribution in [3.63, 3.8) is 0 Å². The fourth-order valence-electron chi connectivity index (χ4n) is 1.70. The van der Waals surface area contributed by atoms with Crippen molar-refractivity contribution in [2.75, 3.05) is 0 Å². The minimum absolute atomic E-state index is 0. The maximum atomic E-state index is 11.8. The molecule has 0 atom stereocenters. The Morgan fingerprint density at radius 3 is 2.14 bits per heavy atom. The van der Waals surface area contributed by atoms with Gasteiger partial charge in [0, 0.05) is 8.41 Å². The second-order valence-corrected chi connectivity index (χ2v) is 4.90. The van der Waals surface area contributed by atoms with Gasteiger partial charge in [0.25, 0.3) is 0 Å². The van der Waals surface area contributed by atoms with Crippen molar-refractivity contribution in [3.8, 4) is 5.75 Å². The lowest BCUT2D eigenvalue weighted by atomic mass is 10.0. The Balaban J connectivity index is 0.00000400. The van der Waals surface area contributed by atoms with Crippen LogP contribution in [0.2, 0.25) is 0 Å². The molecule has 0 saturated heterocycles. The molecular weight excluding hydrogens is 267 g/mol. The number of ether oxygens (including phenoxy) is 2. The fraction of sp³-hybridized carbons (Fsp3) is 0.500. The van der Waals surface area contributed by atoms with Gasteiger partial charge in [0.1, 0.15) is 11.4 Å². The van der Waals surface area contributed by atoms with Gasteiger partial charge in [0.05, 0.1) is 0 Å². The molecule has 0 aliphatic rings. The zero-order valence-corrected chi connectivity index (χ0v) is 13.1. The zero-order valence-electron chi connectivity index (χ0n) is 13.1. The van der Waals surface area contributed by atoms with E-state index in [0.717, 1.165) is 12.0 Å². The fourth-order valence-corrected chi connectivity index (χ4v) is 1.70. The summed E-state index contributed by atoms with van der Waals surface area (Å²) in [5.74, 6) is -1.51. The van der Waals surface area contributed by atoms with Gasteiger partial charge in [-0.3, -0.25) is 0 Å². The molecule has 113 valence electrons. The number of carbonyl (C=O) groups is 2. The van der Waals surface area contributed by atoms with Crippen molar-refractivity contribution in [1.29, 1.82) is 0 Å². The predicted molar refractivity (Wildman–Crippen MR) is 82.3 cm³/mol. The molecule has 0 aromatic heterocycles. The first-order valence-electron chi connectivity index (χ1n) is 6.98. The third-order valence-electron chi connectivity index (χ3n) is 3.56. The zero-order chi connectivity index (χ0) is 15.2. The summed E-state index contributed by atoms with van der Waals surface area (Å²) in [4.78, 5) is 23.6. The van der Waals surface area contributed by atoms with Gasteiger partial charge < -0.3 is 9.47 Å². The second kappa shape index (κ2) is 8.50. The van der Waals surface area contributed by atoms with Gasteiger partial charge in [-0.05, 0) is 37.8 Å². The minimum Gasteiger partial charge on any atom is -0.451 e. The third-order valence-corrected chi connectivity index (χ3v) is 3.56. The normalized spacial score (nSPS) is 10.5. The molecule has 3 radical (unpaired) electrons. The van der Waals surface area contributed by atoms with E-state index in [4.69, 9.17) is 9.47 Å². The van der Waals surface area contributed by atoms with Gasteiger partial charge >= 0.3 is 11.9 Å². The van der Waals surface area contributed by atoms with Crippen LogP contribution < -0.4 is 4.74 Å². The average molecular weight is 289 g/mol. The van der Waals surface area contributed by atoms with Crippen LogP contribution in [0.25, 0.3) is 0 Å². The van der Waals surface area contributed by atoms with E-state index in [-0.39, 0.29) is 8.41 Å². The molecular formula is C16H22BO4. The predicted octanol–water partition coefficient (Wildman–Crippen LogP) is 2.90. The highest BCUT2D eigenvalue weighted by Crippen LogP contribution is 2.21. The van der Waals surface area contributed by atoms with Crippen molar-refractivity contribution in [2.45, 2.75) is 52.6 Å². The Morgan fingerprint density at radius 1 is 1.05 bits per heavy atom.